The Balaban J connectivity index is 2.88. The number of aliphatic hydroxyl groups excluding tert-OH is 2. The first-order chi connectivity index (χ1) is 5.04. The predicted molar refractivity (Wildman–Crippen MR) is 45.3 cm³/mol. The number of hydrogen-bond acceptors (Lipinski definition) is 4. The highest BCUT2D eigenvalue weighted by atomic mass is 127. The van der Waals surface area contributed by atoms with E-state index in [0.29, 0.717) is 0 Å². The van der Waals surface area contributed by atoms with Gasteiger partial charge in [0.2, 0.25) is 0 Å². The van der Waals surface area contributed by atoms with Crippen molar-refractivity contribution in [3.05, 3.63) is 11.7 Å². The van der Waals surface area contributed by atoms with E-state index in [1.54, 1.807) is 6.92 Å². The molecule has 2 N–H and O–H groups in total. The van der Waals surface area contributed by atoms with Crippen LogP contribution in [0.25, 0.3) is 0 Å². The Morgan fingerprint density at radius 1 is 1.64 bits per heavy atom. The maximum Gasteiger partial charge on any atom is 0.325 e. The Bertz CT molecular complexity index is 221. The summed E-state index contributed by atoms with van der Waals surface area (Å²) in [5, 5.41) is 17.8. The summed E-state index contributed by atoms with van der Waals surface area (Å²) in [6.45, 7) is 1.75. The number of aliphatic hydroxyl groups is 2. The van der Waals surface area contributed by atoms with Crippen molar-refractivity contribution in [3.63, 3.8) is 0 Å². The molecule has 0 saturated carbocycles. The van der Waals surface area contributed by atoms with Crippen LogP contribution in [-0.4, -0.2) is 20.1 Å². The van der Waals surface area contributed by atoms with Crippen molar-refractivity contribution >= 4 is 28.6 Å². The van der Waals surface area contributed by atoms with E-state index >= 15 is 0 Å². The van der Waals surface area contributed by atoms with E-state index in [9.17, 15) is 4.79 Å². The maximum atomic E-state index is 10.8. The fourth-order valence-corrected chi connectivity index (χ4v) is 1.49. The number of esters is 1. The molecule has 1 aliphatic rings. The first kappa shape index (κ1) is 8.63. The molecule has 1 heterocycles. The van der Waals surface area contributed by atoms with Crippen LogP contribution in [-0.2, 0) is 9.53 Å². The van der Waals surface area contributed by atoms with Gasteiger partial charge in [0.05, 0.1) is 0 Å². The highest BCUT2D eigenvalue weighted by molar-refractivity contribution is 14.1. The van der Waals surface area contributed by atoms with Gasteiger partial charge in [-0.1, -0.05) is 29.5 Å². The molecule has 0 amide bonds. The molecule has 1 aliphatic heterocycles. The largest absolute Gasteiger partial charge is 0.505 e. The summed E-state index contributed by atoms with van der Waals surface area (Å²) < 4.78 is 4.20. The Labute approximate surface area is 77.0 Å². The third-order valence-corrected chi connectivity index (χ3v) is 2.14. The minimum atomic E-state index is -0.712. The van der Waals surface area contributed by atoms with Crippen LogP contribution in [0.5, 0.6) is 0 Å². The van der Waals surface area contributed by atoms with E-state index in [4.69, 9.17) is 10.2 Å². The number of cyclic esters (lactones) is 1. The second-order valence-corrected chi connectivity index (χ2v) is 4.23. The maximum absolute atomic E-state index is 10.8. The van der Waals surface area contributed by atoms with Gasteiger partial charge in [-0.15, -0.1) is 0 Å². The van der Waals surface area contributed by atoms with Gasteiger partial charge in [0.25, 0.3) is 0 Å². The van der Waals surface area contributed by atoms with Crippen LogP contribution in [0, 0.1) is 5.92 Å². The fourth-order valence-electron chi connectivity index (χ4n) is 0.861. The van der Waals surface area contributed by atoms with E-state index in [-0.39, 0.29) is 9.68 Å². The average Bonchev–Trinajstić information content (AvgIpc) is 2.07. The second kappa shape index (κ2) is 2.88. The van der Waals surface area contributed by atoms with Crippen molar-refractivity contribution in [1.82, 2.24) is 0 Å². The predicted octanol–water partition coefficient (Wildman–Crippen LogP) is 1.27. The summed E-state index contributed by atoms with van der Waals surface area (Å²) in [6.07, 6.45) is 0. The molecule has 0 aromatic rings. The van der Waals surface area contributed by atoms with Gasteiger partial charge in [0.15, 0.2) is 5.76 Å². The van der Waals surface area contributed by atoms with Gasteiger partial charge in [-0.25, -0.2) is 0 Å². The molecule has 0 bridgehead atoms. The van der Waals surface area contributed by atoms with Crippen LogP contribution in [0.3, 0.4) is 0 Å². The summed E-state index contributed by atoms with van der Waals surface area (Å²) >= 11 is 1.98. The van der Waals surface area contributed by atoms with Crippen molar-refractivity contribution in [2.75, 3.05) is 0 Å². The molecule has 1 rings (SSSR count). The quantitative estimate of drug-likeness (QED) is 0.427. The van der Waals surface area contributed by atoms with Crippen LogP contribution in [0.15, 0.2) is 11.7 Å². The number of carbonyl (C=O) groups is 1. The first-order valence-electron chi connectivity index (χ1n) is 3.02. The molecule has 5 heteroatoms. The van der Waals surface area contributed by atoms with Gasteiger partial charge in [-0.3, -0.25) is 4.79 Å². The summed E-state index contributed by atoms with van der Waals surface area (Å²) in [6, 6.07) is 0. The van der Waals surface area contributed by atoms with Crippen molar-refractivity contribution in [3.8, 4) is 0 Å². The number of rotatable bonds is 1. The second-order valence-electron chi connectivity index (χ2n) is 2.27. The lowest BCUT2D eigenvalue weighted by Gasteiger charge is -2.06. The number of hydrogen-bond donors (Lipinski definition) is 2. The Morgan fingerprint density at radius 3 is 2.36 bits per heavy atom. The van der Waals surface area contributed by atoms with E-state index < -0.39 is 17.8 Å². The molecule has 2 unspecified atom stereocenters. The van der Waals surface area contributed by atoms with E-state index in [1.807, 2.05) is 22.6 Å². The van der Waals surface area contributed by atoms with Crippen LogP contribution in [0.4, 0.5) is 0 Å². The van der Waals surface area contributed by atoms with Gasteiger partial charge in [0, 0.05) is 3.92 Å². The Hall–Kier alpha value is -0.460. The Kier molecular flexibility index (Phi) is 2.26. The van der Waals surface area contributed by atoms with Gasteiger partial charge in [0.1, 0.15) is 5.92 Å². The van der Waals surface area contributed by atoms with Crippen LogP contribution in [0.1, 0.15) is 6.92 Å². The van der Waals surface area contributed by atoms with Gasteiger partial charge >= 0.3 is 11.9 Å². The summed E-state index contributed by atoms with van der Waals surface area (Å²) in [5.74, 6) is -2.34. The molecule has 4 nitrogen and oxygen atoms in total. The average molecular weight is 270 g/mol. The molecule has 0 radical (unpaired) electrons. The summed E-state index contributed by atoms with van der Waals surface area (Å²) in [7, 11) is 0. The topological polar surface area (TPSA) is 66.8 Å². The standard InChI is InChI=1S/C6H7IO4/c1-2(7)3-4(8)6(10)11-5(3)9/h2-3,8,10H,1H3. The highest BCUT2D eigenvalue weighted by Gasteiger charge is 2.39. The lowest BCUT2D eigenvalue weighted by atomic mass is 10.1. The molecule has 2 atom stereocenters. The zero-order chi connectivity index (χ0) is 8.59. The fraction of sp³-hybridized carbons (Fsp3) is 0.500. The monoisotopic (exact) mass is 270 g/mol. The van der Waals surface area contributed by atoms with E-state index in [1.165, 1.54) is 0 Å². The lowest BCUT2D eigenvalue weighted by Crippen LogP contribution is -2.19. The molecule has 11 heavy (non-hydrogen) atoms. The number of carbonyl (C=O) groups excluding carboxylic acids is 1. The number of ether oxygens (including phenoxy) is 1. The molecule has 0 fully saturated rings. The van der Waals surface area contributed by atoms with Gasteiger partial charge < -0.3 is 14.9 Å². The smallest absolute Gasteiger partial charge is 0.325 e. The highest BCUT2D eigenvalue weighted by Crippen LogP contribution is 2.29. The van der Waals surface area contributed by atoms with Crippen LogP contribution >= 0.6 is 22.6 Å². The van der Waals surface area contributed by atoms with Crippen molar-refractivity contribution < 1.29 is 19.7 Å². The Morgan fingerprint density at radius 2 is 2.18 bits per heavy atom. The number of halogens is 1. The lowest BCUT2D eigenvalue weighted by molar-refractivity contribution is -0.142. The third-order valence-electron chi connectivity index (χ3n) is 1.42. The minimum absolute atomic E-state index is 0.0928. The molecule has 0 saturated heterocycles. The molecule has 0 aromatic carbocycles. The zero-order valence-electron chi connectivity index (χ0n) is 5.74. The summed E-state index contributed by atoms with van der Waals surface area (Å²) in [4.78, 5) is 10.8. The first-order valence-corrected chi connectivity index (χ1v) is 4.26. The van der Waals surface area contributed by atoms with Gasteiger partial charge in [-0.05, 0) is 0 Å². The van der Waals surface area contributed by atoms with Crippen molar-refractivity contribution in [1.29, 1.82) is 0 Å². The summed E-state index contributed by atoms with van der Waals surface area (Å²) in [5.41, 5.74) is 0. The minimum Gasteiger partial charge on any atom is -0.505 e. The van der Waals surface area contributed by atoms with E-state index in [2.05, 4.69) is 4.74 Å². The van der Waals surface area contributed by atoms with Gasteiger partial charge in [-0.2, -0.15) is 0 Å². The van der Waals surface area contributed by atoms with Crippen molar-refractivity contribution in [2.45, 2.75) is 10.8 Å². The number of alkyl halides is 1. The molecular weight excluding hydrogens is 263 g/mol. The molecule has 0 aliphatic carbocycles. The van der Waals surface area contributed by atoms with Crippen LogP contribution in [0.2, 0.25) is 0 Å². The van der Waals surface area contributed by atoms with Crippen LogP contribution < -0.4 is 0 Å². The normalized spacial score (nSPS) is 27.1. The molecule has 62 valence electrons. The third kappa shape index (κ3) is 1.42. The SMILES string of the molecule is CC(I)C1C(=O)OC(O)=C1O. The van der Waals surface area contributed by atoms with Crippen molar-refractivity contribution in [2.24, 2.45) is 5.92 Å². The molecule has 0 aromatic heterocycles. The zero-order valence-corrected chi connectivity index (χ0v) is 7.90. The molecule has 0 spiro atoms. The molecular formula is C6H7IO4. The van der Waals surface area contributed by atoms with E-state index in [0.717, 1.165) is 0 Å².